The Labute approximate surface area is 168 Å². The number of nitrogens with one attached hydrogen (secondary N) is 1. The van der Waals surface area contributed by atoms with Crippen molar-refractivity contribution in [2.75, 3.05) is 11.9 Å². The molecule has 0 radical (unpaired) electrons. The van der Waals surface area contributed by atoms with Crippen LogP contribution < -0.4 is 5.32 Å². The first kappa shape index (κ1) is 19.0. The van der Waals surface area contributed by atoms with Gasteiger partial charge in [0.25, 0.3) is 0 Å². The number of nitrogens with zero attached hydrogens (tertiary/aromatic N) is 4. The van der Waals surface area contributed by atoms with E-state index in [2.05, 4.69) is 10.3 Å². The van der Waals surface area contributed by atoms with Crippen molar-refractivity contribution >= 4 is 11.7 Å². The average Bonchev–Trinajstić information content (AvgIpc) is 2.74. The van der Waals surface area contributed by atoms with Crippen LogP contribution in [0.15, 0.2) is 42.6 Å². The van der Waals surface area contributed by atoms with Crippen LogP contribution in [0.5, 0.6) is 0 Å². The fraction of sp³-hybridized carbons (Fsp3) is 0.273. The highest BCUT2D eigenvalue weighted by Gasteiger charge is 2.24. The zero-order valence-corrected chi connectivity index (χ0v) is 16.4. The van der Waals surface area contributed by atoms with Gasteiger partial charge in [-0.05, 0) is 42.7 Å². The summed E-state index contributed by atoms with van der Waals surface area (Å²) in [4.78, 5) is 27.4. The number of carbonyl (C=O) groups is 1. The van der Waals surface area contributed by atoms with Crippen LogP contribution in [-0.4, -0.2) is 32.3 Å². The molecule has 0 unspecified atom stereocenters. The number of fused-ring (bicyclic) bond motifs is 1. The van der Waals surface area contributed by atoms with Crippen molar-refractivity contribution in [1.82, 2.24) is 19.9 Å². The number of pyridine rings is 1. The zero-order valence-electron chi connectivity index (χ0n) is 16.4. The lowest BCUT2D eigenvalue weighted by Crippen LogP contribution is -2.35. The largest absolute Gasteiger partial charge is 0.366 e. The monoisotopic (exact) mass is 391 g/mol. The van der Waals surface area contributed by atoms with E-state index >= 15 is 0 Å². The molecule has 1 N–H and O–H groups in total. The summed E-state index contributed by atoms with van der Waals surface area (Å²) in [5.74, 6) is 1.02. The van der Waals surface area contributed by atoms with E-state index in [1.165, 1.54) is 6.07 Å². The minimum atomic E-state index is -0.222. The summed E-state index contributed by atoms with van der Waals surface area (Å²) < 4.78 is 13.9. The first-order valence-electron chi connectivity index (χ1n) is 9.57. The van der Waals surface area contributed by atoms with Crippen molar-refractivity contribution in [2.45, 2.75) is 33.4 Å². The van der Waals surface area contributed by atoms with Crippen molar-refractivity contribution < 1.29 is 9.18 Å². The summed E-state index contributed by atoms with van der Waals surface area (Å²) in [6.07, 6.45) is 2.37. The predicted molar refractivity (Wildman–Crippen MR) is 109 cm³/mol. The van der Waals surface area contributed by atoms with Crippen LogP contribution in [0.2, 0.25) is 0 Å². The number of hydrogen-bond donors (Lipinski definition) is 1. The molecule has 0 saturated heterocycles. The van der Waals surface area contributed by atoms with E-state index in [0.29, 0.717) is 49.0 Å². The molecular weight excluding hydrogens is 369 g/mol. The van der Waals surface area contributed by atoms with Crippen LogP contribution in [0.4, 0.5) is 10.2 Å². The molecule has 1 aliphatic heterocycles. The Bertz CT molecular complexity index is 1050. The fourth-order valence-corrected chi connectivity index (χ4v) is 3.39. The number of aromatic nitrogens is 3. The third kappa shape index (κ3) is 4.08. The molecule has 2 aromatic heterocycles. The number of hydrogen-bond acceptors (Lipinski definition) is 5. The molecule has 0 atom stereocenters. The third-order valence-electron chi connectivity index (χ3n) is 5.10. The number of halogens is 1. The van der Waals surface area contributed by atoms with E-state index in [1.807, 2.05) is 24.3 Å². The first-order chi connectivity index (χ1) is 14.0. The van der Waals surface area contributed by atoms with Crippen molar-refractivity contribution in [3.05, 3.63) is 70.8 Å². The Hall–Kier alpha value is -3.35. The van der Waals surface area contributed by atoms with Crippen LogP contribution in [0.1, 0.15) is 29.3 Å². The molecule has 3 heterocycles. The minimum Gasteiger partial charge on any atom is -0.366 e. The molecule has 0 aliphatic carbocycles. The molecule has 0 spiro atoms. The highest BCUT2D eigenvalue weighted by Crippen LogP contribution is 2.27. The molecule has 0 bridgehead atoms. The Kier molecular flexibility index (Phi) is 5.20. The van der Waals surface area contributed by atoms with Gasteiger partial charge in [-0.15, -0.1) is 0 Å². The predicted octanol–water partition coefficient (Wildman–Crippen LogP) is 3.50. The molecular formula is C22H22FN5O. The highest BCUT2D eigenvalue weighted by molar-refractivity contribution is 5.74. The van der Waals surface area contributed by atoms with Gasteiger partial charge in [-0.3, -0.25) is 9.78 Å². The molecule has 6 nitrogen and oxygen atoms in total. The maximum atomic E-state index is 13.9. The summed E-state index contributed by atoms with van der Waals surface area (Å²) in [6.45, 7) is 4.83. The lowest BCUT2D eigenvalue weighted by atomic mass is 10.0. The number of rotatable bonds is 4. The summed E-state index contributed by atoms with van der Waals surface area (Å²) >= 11 is 0. The smallest absolute Gasteiger partial charge is 0.219 e. The lowest BCUT2D eigenvalue weighted by molar-refractivity contribution is -0.129. The van der Waals surface area contributed by atoms with E-state index in [4.69, 9.17) is 9.97 Å². The maximum absolute atomic E-state index is 13.9. The van der Waals surface area contributed by atoms with E-state index < -0.39 is 0 Å². The molecule has 0 saturated carbocycles. The summed E-state index contributed by atoms with van der Waals surface area (Å²) in [6, 6.07) is 10.8. The van der Waals surface area contributed by atoms with E-state index in [1.54, 1.807) is 31.0 Å². The van der Waals surface area contributed by atoms with E-state index in [9.17, 15) is 9.18 Å². The van der Waals surface area contributed by atoms with E-state index in [0.717, 1.165) is 16.8 Å². The van der Waals surface area contributed by atoms with Gasteiger partial charge in [-0.25, -0.2) is 14.4 Å². The second-order valence-corrected chi connectivity index (χ2v) is 7.16. The van der Waals surface area contributed by atoms with Gasteiger partial charge in [0, 0.05) is 31.8 Å². The highest BCUT2D eigenvalue weighted by atomic mass is 19.1. The van der Waals surface area contributed by atoms with Crippen LogP contribution >= 0.6 is 0 Å². The van der Waals surface area contributed by atoms with Gasteiger partial charge in [0.2, 0.25) is 5.91 Å². The second-order valence-electron chi connectivity index (χ2n) is 7.16. The standard InChI is InChI=1S/C22H22FN5O/c1-14-6-7-16(11-18(14)23)12-25-21-17-8-10-28(15(2)29)13-20(17)26-22(27-21)19-5-3-4-9-24-19/h3-7,9,11H,8,10,12-13H2,1-2H3,(H,25,26,27). The number of carbonyl (C=O) groups excluding carboxylic acids is 1. The number of aryl methyl sites for hydroxylation is 1. The lowest BCUT2D eigenvalue weighted by Gasteiger charge is -2.28. The van der Waals surface area contributed by atoms with Gasteiger partial charge in [0.15, 0.2) is 5.82 Å². The van der Waals surface area contributed by atoms with Gasteiger partial charge >= 0.3 is 0 Å². The summed E-state index contributed by atoms with van der Waals surface area (Å²) in [7, 11) is 0. The molecule has 1 amide bonds. The van der Waals surface area contributed by atoms with Crippen LogP contribution in [-0.2, 0) is 24.3 Å². The van der Waals surface area contributed by atoms with Gasteiger partial charge in [-0.2, -0.15) is 0 Å². The van der Waals surface area contributed by atoms with Crippen molar-refractivity contribution in [1.29, 1.82) is 0 Å². The third-order valence-corrected chi connectivity index (χ3v) is 5.10. The topological polar surface area (TPSA) is 71.0 Å². The molecule has 148 valence electrons. The van der Waals surface area contributed by atoms with Crippen LogP contribution in [0, 0.1) is 12.7 Å². The van der Waals surface area contributed by atoms with Gasteiger partial charge in [-0.1, -0.05) is 18.2 Å². The SMILES string of the molecule is CC(=O)N1CCc2c(nc(-c3ccccn3)nc2NCc2ccc(C)c(F)c2)C1. The Balaban J connectivity index is 1.68. The van der Waals surface area contributed by atoms with Crippen molar-refractivity contribution in [3.8, 4) is 11.5 Å². The number of anilines is 1. The first-order valence-corrected chi connectivity index (χ1v) is 9.57. The molecule has 7 heteroatoms. The number of benzene rings is 1. The van der Waals surface area contributed by atoms with Gasteiger partial charge in [0.05, 0.1) is 12.2 Å². The summed E-state index contributed by atoms with van der Waals surface area (Å²) in [5.41, 5.74) is 3.94. The minimum absolute atomic E-state index is 0.0262. The van der Waals surface area contributed by atoms with Crippen LogP contribution in [0.3, 0.4) is 0 Å². The average molecular weight is 391 g/mol. The Morgan fingerprint density at radius 3 is 2.83 bits per heavy atom. The molecule has 29 heavy (non-hydrogen) atoms. The quantitative estimate of drug-likeness (QED) is 0.737. The van der Waals surface area contributed by atoms with Crippen molar-refractivity contribution in [2.24, 2.45) is 0 Å². The fourth-order valence-electron chi connectivity index (χ4n) is 3.39. The molecule has 0 fully saturated rings. The second kappa shape index (κ2) is 7.95. The normalized spacial score (nSPS) is 13.1. The molecule has 3 aromatic rings. The summed E-state index contributed by atoms with van der Waals surface area (Å²) in [5, 5.41) is 3.34. The van der Waals surface area contributed by atoms with E-state index in [-0.39, 0.29) is 11.7 Å². The van der Waals surface area contributed by atoms with Gasteiger partial charge < -0.3 is 10.2 Å². The Morgan fingerprint density at radius 1 is 1.24 bits per heavy atom. The zero-order chi connectivity index (χ0) is 20.4. The molecule has 1 aromatic carbocycles. The van der Waals surface area contributed by atoms with Crippen molar-refractivity contribution in [3.63, 3.8) is 0 Å². The van der Waals surface area contributed by atoms with Gasteiger partial charge in [0.1, 0.15) is 17.3 Å². The molecule has 4 rings (SSSR count). The molecule has 1 aliphatic rings. The van der Waals surface area contributed by atoms with Crippen LogP contribution in [0.25, 0.3) is 11.5 Å². The Morgan fingerprint density at radius 2 is 2.10 bits per heavy atom. The maximum Gasteiger partial charge on any atom is 0.219 e. The number of amides is 1.